The van der Waals surface area contributed by atoms with Crippen LogP contribution in [0.2, 0.25) is 0 Å². The summed E-state index contributed by atoms with van der Waals surface area (Å²) in [4.78, 5) is 17.6. The summed E-state index contributed by atoms with van der Waals surface area (Å²) >= 11 is 3.68. The van der Waals surface area contributed by atoms with Gasteiger partial charge in [-0.25, -0.2) is 0 Å². The molecule has 3 heterocycles. The highest BCUT2D eigenvalue weighted by atomic mass is 32.2. The van der Waals surface area contributed by atoms with Gasteiger partial charge in [-0.3, -0.25) is 14.4 Å². The maximum atomic E-state index is 13.2. The summed E-state index contributed by atoms with van der Waals surface area (Å²) < 4.78 is 2.07. The third-order valence-electron chi connectivity index (χ3n) is 5.76. The molecule has 146 valence electrons. The Morgan fingerprint density at radius 3 is 2.89 bits per heavy atom. The molecule has 0 spiro atoms. The normalized spacial score (nSPS) is 20.1. The summed E-state index contributed by atoms with van der Waals surface area (Å²) in [6.07, 6.45) is 3.07. The largest absolute Gasteiger partial charge is 0.336 e. The van der Waals surface area contributed by atoms with E-state index in [4.69, 9.17) is 5.10 Å². The highest BCUT2D eigenvalue weighted by molar-refractivity contribution is 7.99. The van der Waals surface area contributed by atoms with Gasteiger partial charge in [0, 0.05) is 55.0 Å². The van der Waals surface area contributed by atoms with Crippen molar-refractivity contribution in [1.82, 2.24) is 19.6 Å². The van der Waals surface area contributed by atoms with Crippen LogP contribution in [0.1, 0.15) is 40.7 Å². The van der Waals surface area contributed by atoms with Gasteiger partial charge >= 0.3 is 0 Å². The number of aryl methyl sites for hydroxylation is 1. The number of nitrogens with zero attached hydrogens (tertiary/aromatic N) is 4. The van der Waals surface area contributed by atoms with E-state index in [0.717, 1.165) is 56.9 Å². The standard InChI is InChI=1S/C20H28N4OS2/c1-3-24-18-5-4-16(22(2)13-15-6-9-27-14-15)12-17(18)19(21-24)20(25)23-7-10-26-11-8-23/h6,9,14,16H,3-5,7-8,10-13H2,1-2H3/t16-/m1/s1. The van der Waals surface area contributed by atoms with Crippen molar-refractivity contribution in [2.45, 2.75) is 45.3 Å². The fraction of sp³-hybridized carbons (Fsp3) is 0.600. The molecule has 7 heteroatoms. The fourth-order valence-electron chi connectivity index (χ4n) is 4.19. The summed E-state index contributed by atoms with van der Waals surface area (Å²) in [5, 5.41) is 9.12. The molecule has 1 fully saturated rings. The minimum atomic E-state index is 0.139. The number of rotatable bonds is 5. The number of fused-ring (bicyclic) bond motifs is 1. The Morgan fingerprint density at radius 2 is 2.19 bits per heavy atom. The molecule has 2 aromatic heterocycles. The molecule has 1 amide bonds. The van der Waals surface area contributed by atoms with E-state index in [0.29, 0.717) is 11.7 Å². The molecule has 2 aromatic rings. The summed E-state index contributed by atoms with van der Waals surface area (Å²) in [5.74, 6) is 2.21. The summed E-state index contributed by atoms with van der Waals surface area (Å²) in [7, 11) is 2.21. The number of hydrogen-bond acceptors (Lipinski definition) is 5. The van der Waals surface area contributed by atoms with Crippen LogP contribution in [0, 0.1) is 0 Å². The lowest BCUT2D eigenvalue weighted by Crippen LogP contribution is -2.40. The molecule has 2 aliphatic rings. The van der Waals surface area contributed by atoms with Crippen LogP contribution < -0.4 is 0 Å². The van der Waals surface area contributed by atoms with Crippen molar-refractivity contribution in [3.8, 4) is 0 Å². The smallest absolute Gasteiger partial charge is 0.274 e. The Hall–Kier alpha value is -1.31. The minimum absolute atomic E-state index is 0.139. The zero-order valence-electron chi connectivity index (χ0n) is 16.2. The van der Waals surface area contributed by atoms with Crippen LogP contribution in [0.5, 0.6) is 0 Å². The van der Waals surface area contributed by atoms with E-state index < -0.39 is 0 Å². The average molecular weight is 405 g/mol. The predicted molar refractivity (Wildman–Crippen MR) is 113 cm³/mol. The van der Waals surface area contributed by atoms with E-state index in [2.05, 4.69) is 40.4 Å². The number of carbonyl (C=O) groups excluding carboxylic acids is 1. The number of carbonyl (C=O) groups is 1. The van der Waals surface area contributed by atoms with E-state index in [1.807, 2.05) is 16.7 Å². The second kappa shape index (κ2) is 8.37. The predicted octanol–water partition coefficient (Wildman–Crippen LogP) is 3.14. The first-order valence-electron chi connectivity index (χ1n) is 9.84. The molecule has 0 bridgehead atoms. The first kappa shape index (κ1) is 19.0. The zero-order chi connectivity index (χ0) is 18.8. The second-order valence-corrected chi connectivity index (χ2v) is 9.44. The van der Waals surface area contributed by atoms with Gasteiger partial charge in [0.2, 0.25) is 0 Å². The molecule has 0 saturated carbocycles. The molecule has 1 saturated heterocycles. The van der Waals surface area contributed by atoms with Crippen LogP contribution in [0.15, 0.2) is 16.8 Å². The summed E-state index contributed by atoms with van der Waals surface area (Å²) in [5.41, 5.74) is 4.58. The maximum absolute atomic E-state index is 13.2. The van der Waals surface area contributed by atoms with Gasteiger partial charge in [-0.15, -0.1) is 0 Å². The van der Waals surface area contributed by atoms with E-state index in [9.17, 15) is 4.79 Å². The SMILES string of the molecule is CCn1nc(C(=O)N2CCSCC2)c2c1CC[C@@H](N(C)Cc1ccsc1)C2. The number of likely N-dealkylation sites (N-methyl/N-ethyl adjacent to an activating group) is 1. The van der Waals surface area contributed by atoms with Crippen LogP contribution >= 0.6 is 23.1 Å². The van der Waals surface area contributed by atoms with Crippen LogP contribution in [-0.4, -0.2) is 63.2 Å². The Kier molecular flexibility index (Phi) is 5.90. The zero-order valence-corrected chi connectivity index (χ0v) is 17.8. The highest BCUT2D eigenvalue weighted by Gasteiger charge is 2.32. The minimum Gasteiger partial charge on any atom is -0.336 e. The molecule has 0 unspecified atom stereocenters. The molecule has 1 atom stereocenters. The van der Waals surface area contributed by atoms with Gasteiger partial charge in [0.25, 0.3) is 5.91 Å². The van der Waals surface area contributed by atoms with Crippen LogP contribution in [-0.2, 0) is 25.9 Å². The van der Waals surface area contributed by atoms with Crippen LogP contribution in [0.4, 0.5) is 0 Å². The molecule has 4 rings (SSSR count). The third kappa shape index (κ3) is 3.96. The molecule has 0 N–H and O–H groups in total. The molecular weight excluding hydrogens is 376 g/mol. The van der Waals surface area contributed by atoms with E-state index >= 15 is 0 Å². The number of hydrogen-bond donors (Lipinski definition) is 0. The van der Waals surface area contributed by atoms with Crippen molar-refractivity contribution in [3.05, 3.63) is 39.3 Å². The molecule has 0 aromatic carbocycles. The monoisotopic (exact) mass is 404 g/mol. The van der Waals surface area contributed by atoms with Gasteiger partial charge in [-0.05, 0) is 55.6 Å². The Morgan fingerprint density at radius 1 is 1.37 bits per heavy atom. The van der Waals surface area contributed by atoms with Crippen LogP contribution in [0.3, 0.4) is 0 Å². The molecule has 1 aliphatic heterocycles. The lowest BCUT2D eigenvalue weighted by Gasteiger charge is -2.32. The van der Waals surface area contributed by atoms with E-state index in [-0.39, 0.29) is 5.91 Å². The topological polar surface area (TPSA) is 41.4 Å². The van der Waals surface area contributed by atoms with Gasteiger partial charge in [0.1, 0.15) is 0 Å². The van der Waals surface area contributed by atoms with Gasteiger partial charge < -0.3 is 4.90 Å². The third-order valence-corrected chi connectivity index (χ3v) is 7.43. The van der Waals surface area contributed by atoms with Gasteiger partial charge in [-0.2, -0.15) is 28.2 Å². The van der Waals surface area contributed by atoms with Gasteiger partial charge in [0.15, 0.2) is 5.69 Å². The molecule has 1 aliphatic carbocycles. The Balaban J connectivity index is 1.55. The fourth-order valence-corrected chi connectivity index (χ4v) is 5.76. The molecule has 5 nitrogen and oxygen atoms in total. The van der Waals surface area contributed by atoms with Crippen molar-refractivity contribution in [1.29, 1.82) is 0 Å². The van der Waals surface area contributed by atoms with Crippen molar-refractivity contribution in [2.24, 2.45) is 0 Å². The maximum Gasteiger partial charge on any atom is 0.274 e. The summed E-state index contributed by atoms with van der Waals surface area (Å²) in [6, 6.07) is 2.67. The summed E-state index contributed by atoms with van der Waals surface area (Å²) in [6.45, 7) is 5.62. The van der Waals surface area contributed by atoms with Crippen molar-refractivity contribution in [3.63, 3.8) is 0 Å². The van der Waals surface area contributed by atoms with E-state index in [1.54, 1.807) is 11.3 Å². The number of thiophene rings is 1. The second-order valence-electron chi connectivity index (χ2n) is 7.44. The lowest BCUT2D eigenvalue weighted by atomic mass is 9.90. The molecule has 27 heavy (non-hydrogen) atoms. The van der Waals surface area contributed by atoms with Gasteiger partial charge in [-0.1, -0.05) is 0 Å². The van der Waals surface area contributed by atoms with Crippen molar-refractivity contribution >= 4 is 29.0 Å². The Bertz CT molecular complexity index is 780. The lowest BCUT2D eigenvalue weighted by molar-refractivity contribution is 0.0763. The average Bonchev–Trinajstić information content (AvgIpc) is 3.35. The first-order chi connectivity index (χ1) is 13.2. The highest BCUT2D eigenvalue weighted by Crippen LogP contribution is 2.29. The van der Waals surface area contributed by atoms with Crippen molar-refractivity contribution in [2.75, 3.05) is 31.6 Å². The van der Waals surface area contributed by atoms with Crippen molar-refractivity contribution < 1.29 is 4.79 Å². The van der Waals surface area contributed by atoms with Crippen LogP contribution in [0.25, 0.3) is 0 Å². The number of aromatic nitrogens is 2. The number of amides is 1. The molecule has 0 radical (unpaired) electrons. The van der Waals surface area contributed by atoms with E-state index in [1.165, 1.54) is 16.8 Å². The Labute approximate surface area is 169 Å². The quantitative estimate of drug-likeness (QED) is 0.768. The van der Waals surface area contributed by atoms with Gasteiger partial charge in [0.05, 0.1) is 0 Å². The molecular formula is C20H28N4OS2. The number of thioether (sulfide) groups is 1. The first-order valence-corrected chi connectivity index (χ1v) is 11.9.